The second-order valence-corrected chi connectivity index (χ2v) is 7.74. The van der Waals surface area contributed by atoms with E-state index in [9.17, 15) is 28.8 Å². The van der Waals surface area contributed by atoms with Gasteiger partial charge in [-0.25, -0.2) is 0 Å². The molecule has 6 amide bonds. The molecule has 0 saturated carbocycles. The Kier molecular flexibility index (Phi) is 5.65. The summed E-state index contributed by atoms with van der Waals surface area (Å²) in [5.41, 5.74) is 0. The molecule has 0 unspecified atom stereocenters. The van der Waals surface area contributed by atoms with Crippen molar-refractivity contribution in [3.63, 3.8) is 0 Å². The van der Waals surface area contributed by atoms with Crippen LogP contribution in [0, 0.1) is 0 Å². The van der Waals surface area contributed by atoms with Crippen molar-refractivity contribution in [2.45, 2.75) is 6.42 Å². The molecule has 0 radical (unpaired) electrons. The molecule has 142 valence electrons. The average molecular weight is 410 g/mol. The van der Waals surface area contributed by atoms with E-state index in [1.165, 1.54) is 9.80 Å². The van der Waals surface area contributed by atoms with Gasteiger partial charge in [-0.3, -0.25) is 39.4 Å². The van der Waals surface area contributed by atoms with Crippen molar-refractivity contribution in [2.24, 2.45) is 0 Å². The van der Waals surface area contributed by atoms with Gasteiger partial charge in [0.25, 0.3) is 22.3 Å². The maximum Gasteiger partial charge on any atom is 0.290 e. The highest BCUT2D eigenvalue weighted by atomic mass is 32.2. The Hall–Kier alpha value is -2.60. The summed E-state index contributed by atoms with van der Waals surface area (Å²) in [7, 11) is 0. The summed E-state index contributed by atoms with van der Waals surface area (Å²) in [6, 6.07) is 0. The lowest BCUT2D eigenvalue weighted by molar-refractivity contribution is -0.128. The van der Waals surface area contributed by atoms with Crippen molar-refractivity contribution in [2.75, 3.05) is 26.2 Å². The topological polar surface area (TPSA) is 133 Å². The quantitative estimate of drug-likeness (QED) is 0.597. The van der Waals surface area contributed by atoms with Crippen LogP contribution in [-0.4, -0.2) is 70.1 Å². The summed E-state index contributed by atoms with van der Waals surface area (Å²) in [5.74, 6) is -2.02. The molecule has 3 rings (SSSR count). The standard InChI is InChI=1S/C15H14N4O6S2/c20-10(6-8-12(22)16-14(24)26-8)18-2-1-3-19(5-4-18)11(21)7-9-13(23)17-15(25)27-9/h6-7H,1-5H2,(H,16,22,24)(H,17,23,25). The highest BCUT2D eigenvalue weighted by molar-refractivity contribution is 8.18. The molecule has 3 saturated heterocycles. The zero-order valence-electron chi connectivity index (χ0n) is 13.9. The maximum atomic E-state index is 12.3. The van der Waals surface area contributed by atoms with Crippen molar-refractivity contribution < 1.29 is 28.8 Å². The van der Waals surface area contributed by atoms with Gasteiger partial charge < -0.3 is 9.80 Å². The Labute approximate surface area is 161 Å². The number of hydrogen-bond donors (Lipinski definition) is 2. The fourth-order valence-electron chi connectivity index (χ4n) is 2.61. The predicted molar refractivity (Wildman–Crippen MR) is 96.2 cm³/mol. The Balaban J connectivity index is 1.60. The fourth-order valence-corrected chi connectivity index (χ4v) is 3.90. The number of nitrogens with zero attached hydrogens (tertiary/aromatic N) is 2. The molecule has 0 spiro atoms. The highest BCUT2D eigenvalue weighted by Gasteiger charge is 2.29. The maximum absolute atomic E-state index is 12.3. The van der Waals surface area contributed by atoms with Crippen molar-refractivity contribution in [1.82, 2.24) is 20.4 Å². The number of carbonyl (C=O) groups is 6. The van der Waals surface area contributed by atoms with Gasteiger partial charge in [-0.15, -0.1) is 0 Å². The Bertz CT molecular complexity index is 755. The number of hydrogen-bond acceptors (Lipinski definition) is 8. The van der Waals surface area contributed by atoms with Gasteiger partial charge in [-0.05, 0) is 29.9 Å². The minimum absolute atomic E-state index is 0.0425. The largest absolute Gasteiger partial charge is 0.337 e. The molecule has 3 aliphatic rings. The third-order valence-corrected chi connectivity index (χ3v) is 5.53. The number of imide groups is 2. The van der Waals surface area contributed by atoms with E-state index in [0.29, 0.717) is 43.0 Å². The Morgan fingerprint density at radius 3 is 1.48 bits per heavy atom. The second kappa shape index (κ2) is 7.96. The average Bonchev–Trinajstić information content (AvgIpc) is 2.96. The van der Waals surface area contributed by atoms with Crippen LogP contribution in [0.15, 0.2) is 22.0 Å². The molecular formula is C15H14N4O6S2. The molecule has 27 heavy (non-hydrogen) atoms. The SMILES string of the molecule is O=C1NC(=O)C(=CC(=O)N2CCCN(C(=O)C=C3SC(=O)NC3=O)CC2)S1. The highest BCUT2D eigenvalue weighted by Crippen LogP contribution is 2.24. The molecule has 2 N–H and O–H groups in total. The molecular weight excluding hydrogens is 396 g/mol. The molecule has 0 aromatic rings. The van der Waals surface area contributed by atoms with Gasteiger partial charge >= 0.3 is 0 Å². The molecule has 12 heteroatoms. The van der Waals surface area contributed by atoms with E-state index >= 15 is 0 Å². The monoisotopic (exact) mass is 410 g/mol. The van der Waals surface area contributed by atoms with Crippen LogP contribution < -0.4 is 10.6 Å². The van der Waals surface area contributed by atoms with E-state index in [0.717, 1.165) is 12.2 Å². The number of carbonyl (C=O) groups excluding carboxylic acids is 6. The first kappa shape index (κ1) is 19.2. The zero-order chi connectivity index (χ0) is 19.6. The van der Waals surface area contributed by atoms with Gasteiger partial charge in [0, 0.05) is 38.3 Å². The lowest BCUT2D eigenvalue weighted by Gasteiger charge is -2.20. The van der Waals surface area contributed by atoms with Gasteiger partial charge in [0.05, 0.1) is 9.81 Å². The van der Waals surface area contributed by atoms with Crippen LogP contribution in [0.25, 0.3) is 0 Å². The zero-order valence-corrected chi connectivity index (χ0v) is 15.5. The van der Waals surface area contributed by atoms with Crippen molar-refractivity contribution in [3.05, 3.63) is 22.0 Å². The summed E-state index contributed by atoms with van der Waals surface area (Å²) in [6.45, 7) is 1.26. The number of rotatable bonds is 2. The van der Waals surface area contributed by atoms with E-state index in [1.807, 2.05) is 0 Å². The van der Waals surface area contributed by atoms with Crippen LogP contribution >= 0.6 is 23.5 Å². The Morgan fingerprint density at radius 2 is 1.15 bits per heavy atom. The first-order chi connectivity index (χ1) is 12.8. The molecule has 0 atom stereocenters. The summed E-state index contributed by atoms with van der Waals surface area (Å²) < 4.78 is 0. The first-order valence-corrected chi connectivity index (χ1v) is 9.54. The lowest BCUT2D eigenvalue weighted by Crippen LogP contribution is -2.36. The normalized spacial score (nSPS) is 23.7. The first-order valence-electron chi connectivity index (χ1n) is 7.91. The van der Waals surface area contributed by atoms with Gasteiger partial charge in [-0.1, -0.05) is 0 Å². The molecule has 0 aromatic heterocycles. The summed E-state index contributed by atoms with van der Waals surface area (Å²) in [4.78, 5) is 73.0. The van der Waals surface area contributed by atoms with Gasteiger partial charge in [-0.2, -0.15) is 0 Å². The minimum Gasteiger partial charge on any atom is -0.337 e. The van der Waals surface area contributed by atoms with Crippen LogP contribution in [0.2, 0.25) is 0 Å². The lowest BCUT2D eigenvalue weighted by atomic mass is 10.3. The van der Waals surface area contributed by atoms with E-state index < -0.39 is 34.1 Å². The molecule has 3 fully saturated rings. The van der Waals surface area contributed by atoms with Crippen LogP contribution in [-0.2, 0) is 19.2 Å². The van der Waals surface area contributed by atoms with E-state index in [-0.39, 0.29) is 22.9 Å². The summed E-state index contributed by atoms with van der Waals surface area (Å²) in [6.07, 6.45) is 2.76. The molecule has 3 heterocycles. The van der Waals surface area contributed by atoms with Crippen LogP contribution in [0.3, 0.4) is 0 Å². The van der Waals surface area contributed by atoms with Crippen molar-refractivity contribution in [1.29, 1.82) is 0 Å². The molecule has 0 bridgehead atoms. The van der Waals surface area contributed by atoms with Gasteiger partial charge in [0.15, 0.2) is 0 Å². The predicted octanol–water partition coefficient (Wildman–Crippen LogP) is -0.219. The summed E-state index contributed by atoms with van der Waals surface area (Å²) >= 11 is 1.34. The molecule has 10 nitrogen and oxygen atoms in total. The van der Waals surface area contributed by atoms with Crippen LogP contribution in [0.1, 0.15) is 6.42 Å². The molecule has 0 aromatic carbocycles. The van der Waals surface area contributed by atoms with Crippen LogP contribution in [0.4, 0.5) is 9.59 Å². The molecule has 0 aliphatic carbocycles. The Morgan fingerprint density at radius 1 is 0.741 bits per heavy atom. The van der Waals surface area contributed by atoms with Gasteiger partial charge in [0.2, 0.25) is 11.8 Å². The van der Waals surface area contributed by atoms with Crippen molar-refractivity contribution in [3.8, 4) is 0 Å². The van der Waals surface area contributed by atoms with Crippen molar-refractivity contribution >= 4 is 57.6 Å². The smallest absolute Gasteiger partial charge is 0.290 e. The third-order valence-electron chi connectivity index (χ3n) is 3.91. The third kappa shape index (κ3) is 4.57. The number of nitrogens with one attached hydrogen (secondary N) is 2. The second-order valence-electron chi connectivity index (χ2n) is 5.71. The number of thioether (sulfide) groups is 2. The number of amides is 6. The summed E-state index contributed by atoms with van der Waals surface area (Å²) in [5, 5.41) is 3.11. The van der Waals surface area contributed by atoms with E-state index in [1.54, 1.807) is 0 Å². The minimum atomic E-state index is -0.599. The molecule has 3 aliphatic heterocycles. The van der Waals surface area contributed by atoms with Crippen LogP contribution in [0.5, 0.6) is 0 Å². The van der Waals surface area contributed by atoms with Gasteiger partial charge in [0.1, 0.15) is 0 Å². The van der Waals surface area contributed by atoms with E-state index in [4.69, 9.17) is 0 Å². The fraction of sp³-hybridized carbons (Fsp3) is 0.333. The van der Waals surface area contributed by atoms with E-state index in [2.05, 4.69) is 10.6 Å².